The molecule has 3 N–H and O–H groups in total. The summed E-state index contributed by atoms with van der Waals surface area (Å²) in [6.45, 7) is 4.77. The lowest BCUT2D eigenvalue weighted by Crippen LogP contribution is -2.40. The molecule has 0 spiro atoms. The van der Waals surface area contributed by atoms with Crippen LogP contribution >= 0.6 is 0 Å². The summed E-state index contributed by atoms with van der Waals surface area (Å²) in [5.74, 6) is -0.0756. The third kappa shape index (κ3) is 5.82. The number of aliphatic hydroxyl groups excluding tert-OH is 1. The number of carbonyl (C=O) groups excluding carboxylic acids is 1. The second kappa shape index (κ2) is 6.12. The van der Waals surface area contributed by atoms with Crippen molar-refractivity contribution in [2.45, 2.75) is 19.9 Å². The van der Waals surface area contributed by atoms with Gasteiger partial charge in [0, 0.05) is 6.04 Å². The molecule has 0 saturated carbocycles. The van der Waals surface area contributed by atoms with E-state index < -0.39 is 0 Å². The van der Waals surface area contributed by atoms with Gasteiger partial charge in [0.05, 0.1) is 13.2 Å². The minimum absolute atomic E-state index is 0.0160. The number of hydrogen-bond acceptors (Lipinski definition) is 3. The fourth-order valence-electron chi connectivity index (χ4n) is 0.610. The lowest BCUT2D eigenvalue weighted by atomic mass is 10.3. The zero-order valence-electron chi connectivity index (χ0n) is 7.05. The van der Waals surface area contributed by atoms with Gasteiger partial charge in [0.1, 0.15) is 0 Å². The highest BCUT2D eigenvalue weighted by Crippen LogP contribution is 1.76. The monoisotopic (exact) mass is 160 g/mol. The topological polar surface area (TPSA) is 61.4 Å². The van der Waals surface area contributed by atoms with Crippen LogP contribution in [0.25, 0.3) is 0 Å². The predicted octanol–water partition coefficient (Wildman–Crippen LogP) is -0.907. The second-order valence-corrected chi connectivity index (χ2v) is 2.43. The smallest absolute Gasteiger partial charge is 0.234 e. The molecule has 0 bridgehead atoms. The van der Waals surface area contributed by atoms with Crippen molar-refractivity contribution in [2.75, 3.05) is 19.7 Å². The molecule has 0 heterocycles. The third-order valence-corrected chi connectivity index (χ3v) is 1.22. The van der Waals surface area contributed by atoms with Crippen LogP contribution in [0, 0.1) is 0 Å². The Labute approximate surface area is 67.0 Å². The Morgan fingerprint density at radius 2 is 2.27 bits per heavy atom. The van der Waals surface area contributed by atoms with Crippen molar-refractivity contribution in [1.29, 1.82) is 0 Å². The van der Waals surface area contributed by atoms with E-state index in [0.717, 1.165) is 6.54 Å². The molecule has 0 saturated heterocycles. The second-order valence-electron chi connectivity index (χ2n) is 2.43. The van der Waals surface area contributed by atoms with E-state index in [9.17, 15) is 4.79 Å². The van der Waals surface area contributed by atoms with E-state index in [-0.39, 0.29) is 18.6 Å². The molecular formula is C7H16N2O2. The summed E-state index contributed by atoms with van der Waals surface area (Å²) in [5.41, 5.74) is 0. The Bertz CT molecular complexity index is 117. The van der Waals surface area contributed by atoms with Crippen LogP contribution in [0.4, 0.5) is 0 Å². The average Bonchev–Trinajstić information content (AvgIpc) is 2.00. The van der Waals surface area contributed by atoms with E-state index in [0.29, 0.717) is 6.54 Å². The maximum absolute atomic E-state index is 10.9. The van der Waals surface area contributed by atoms with E-state index in [1.165, 1.54) is 0 Å². The first-order valence-corrected chi connectivity index (χ1v) is 3.81. The molecule has 66 valence electrons. The SMILES string of the molecule is CCNCC(=O)NC(C)CO. The molecule has 0 aliphatic rings. The van der Waals surface area contributed by atoms with Gasteiger partial charge in [0.15, 0.2) is 0 Å². The molecule has 0 rings (SSSR count). The fourth-order valence-corrected chi connectivity index (χ4v) is 0.610. The summed E-state index contributed by atoms with van der Waals surface area (Å²) in [5, 5.41) is 14.1. The van der Waals surface area contributed by atoms with Crippen molar-refractivity contribution in [2.24, 2.45) is 0 Å². The van der Waals surface area contributed by atoms with Crippen LogP contribution in [-0.2, 0) is 4.79 Å². The number of nitrogens with one attached hydrogen (secondary N) is 2. The summed E-state index contributed by atoms with van der Waals surface area (Å²) >= 11 is 0. The van der Waals surface area contributed by atoms with Crippen molar-refractivity contribution < 1.29 is 9.90 Å². The summed E-state index contributed by atoms with van der Waals surface area (Å²) in [4.78, 5) is 10.9. The Morgan fingerprint density at radius 1 is 1.64 bits per heavy atom. The number of carbonyl (C=O) groups is 1. The molecular weight excluding hydrogens is 144 g/mol. The highest BCUT2D eigenvalue weighted by Gasteiger charge is 2.03. The maximum Gasteiger partial charge on any atom is 0.234 e. The van der Waals surface area contributed by atoms with Crippen LogP contribution < -0.4 is 10.6 Å². The van der Waals surface area contributed by atoms with Crippen LogP contribution in [0.15, 0.2) is 0 Å². The van der Waals surface area contributed by atoms with E-state index in [4.69, 9.17) is 5.11 Å². The summed E-state index contributed by atoms with van der Waals surface area (Å²) in [6, 6.07) is -0.152. The minimum atomic E-state index is -0.152. The molecule has 11 heavy (non-hydrogen) atoms. The Kier molecular flexibility index (Phi) is 5.78. The fraction of sp³-hybridized carbons (Fsp3) is 0.857. The maximum atomic E-state index is 10.9. The van der Waals surface area contributed by atoms with Gasteiger partial charge in [-0.2, -0.15) is 0 Å². The molecule has 1 unspecified atom stereocenters. The van der Waals surface area contributed by atoms with E-state index in [1.807, 2.05) is 6.92 Å². The molecule has 0 aromatic carbocycles. The van der Waals surface area contributed by atoms with Gasteiger partial charge in [-0.15, -0.1) is 0 Å². The van der Waals surface area contributed by atoms with Crippen molar-refractivity contribution in [1.82, 2.24) is 10.6 Å². The van der Waals surface area contributed by atoms with Gasteiger partial charge in [-0.25, -0.2) is 0 Å². The first kappa shape index (κ1) is 10.4. The predicted molar refractivity (Wildman–Crippen MR) is 43.2 cm³/mol. The quantitative estimate of drug-likeness (QED) is 0.488. The number of likely N-dealkylation sites (N-methyl/N-ethyl adjacent to an activating group) is 1. The van der Waals surface area contributed by atoms with Crippen LogP contribution in [0.1, 0.15) is 13.8 Å². The Morgan fingerprint density at radius 3 is 2.73 bits per heavy atom. The van der Waals surface area contributed by atoms with Gasteiger partial charge in [0.25, 0.3) is 0 Å². The molecule has 1 atom stereocenters. The normalized spacial score (nSPS) is 12.6. The first-order chi connectivity index (χ1) is 5.20. The zero-order valence-corrected chi connectivity index (χ0v) is 7.05. The lowest BCUT2D eigenvalue weighted by molar-refractivity contribution is -0.121. The standard InChI is InChI=1S/C7H16N2O2/c1-3-8-4-7(11)9-6(2)5-10/h6,8,10H,3-5H2,1-2H3,(H,9,11). The summed E-state index contributed by atoms with van der Waals surface area (Å²) in [7, 11) is 0. The average molecular weight is 160 g/mol. The molecule has 4 heteroatoms. The van der Waals surface area contributed by atoms with Crippen LogP contribution in [-0.4, -0.2) is 36.8 Å². The van der Waals surface area contributed by atoms with Gasteiger partial charge in [-0.05, 0) is 13.5 Å². The lowest BCUT2D eigenvalue weighted by Gasteiger charge is -2.10. The Balaban J connectivity index is 3.36. The van der Waals surface area contributed by atoms with Gasteiger partial charge in [-0.1, -0.05) is 6.92 Å². The largest absolute Gasteiger partial charge is 0.394 e. The van der Waals surface area contributed by atoms with Gasteiger partial charge in [-0.3, -0.25) is 4.79 Å². The van der Waals surface area contributed by atoms with Gasteiger partial charge >= 0.3 is 0 Å². The molecule has 0 aliphatic heterocycles. The van der Waals surface area contributed by atoms with Crippen molar-refractivity contribution in [3.05, 3.63) is 0 Å². The number of aliphatic hydroxyl groups is 1. The third-order valence-electron chi connectivity index (χ3n) is 1.22. The van der Waals surface area contributed by atoms with Crippen molar-refractivity contribution >= 4 is 5.91 Å². The van der Waals surface area contributed by atoms with Gasteiger partial charge in [0.2, 0.25) is 5.91 Å². The summed E-state index contributed by atoms with van der Waals surface area (Å²) in [6.07, 6.45) is 0. The van der Waals surface area contributed by atoms with Crippen LogP contribution in [0.3, 0.4) is 0 Å². The van der Waals surface area contributed by atoms with Crippen molar-refractivity contribution in [3.8, 4) is 0 Å². The van der Waals surface area contributed by atoms with Crippen LogP contribution in [0.5, 0.6) is 0 Å². The van der Waals surface area contributed by atoms with Crippen LogP contribution in [0.2, 0.25) is 0 Å². The molecule has 1 amide bonds. The summed E-state index contributed by atoms with van der Waals surface area (Å²) < 4.78 is 0. The first-order valence-electron chi connectivity index (χ1n) is 3.81. The molecule has 0 radical (unpaired) electrons. The van der Waals surface area contributed by atoms with Gasteiger partial charge < -0.3 is 15.7 Å². The number of rotatable bonds is 5. The molecule has 0 aromatic heterocycles. The minimum Gasteiger partial charge on any atom is -0.394 e. The van der Waals surface area contributed by atoms with E-state index in [1.54, 1.807) is 6.92 Å². The number of hydrogen-bond donors (Lipinski definition) is 3. The highest BCUT2D eigenvalue weighted by molar-refractivity contribution is 5.78. The molecule has 0 aromatic rings. The molecule has 0 fully saturated rings. The van der Waals surface area contributed by atoms with Crippen molar-refractivity contribution in [3.63, 3.8) is 0 Å². The zero-order chi connectivity index (χ0) is 8.69. The molecule has 4 nitrogen and oxygen atoms in total. The number of amides is 1. The molecule has 0 aliphatic carbocycles. The Hall–Kier alpha value is -0.610. The van der Waals surface area contributed by atoms with E-state index in [2.05, 4.69) is 10.6 Å². The highest BCUT2D eigenvalue weighted by atomic mass is 16.3. The van der Waals surface area contributed by atoms with E-state index >= 15 is 0 Å².